The van der Waals surface area contributed by atoms with Crippen LogP contribution in [0.4, 0.5) is 4.39 Å². The lowest BCUT2D eigenvalue weighted by molar-refractivity contribution is 0.111. The maximum atomic E-state index is 12.1. The van der Waals surface area contributed by atoms with Crippen LogP contribution in [0.2, 0.25) is 0 Å². The highest BCUT2D eigenvalue weighted by atomic mass is 79.9. The van der Waals surface area contributed by atoms with E-state index in [4.69, 9.17) is 4.74 Å². The first-order valence-corrected chi connectivity index (χ1v) is 16.1. The van der Waals surface area contributed by atoms with Gasteiger partial charge in [-0.05, 0) is 86.6 Å². The summed E-state index contributed by atoms with van der Waals surface area (Å²) in [6, 6.07) is 31.7. The summed E-state index contributed by atoms with van der Waals surface area (Å²) < 4.78 is 23.4. The van der Waals surface area contributed by atoms with E-state index in [-0.39, 0.29) is 11.4 Å². The molecule has 4 aromatic carbocycles. The van der Waals surface area contributed by atoms with Crippen molar-refractivity contribution in [3.8, 4) is 34.1 Å². The van der Waals surface area contributed by atoms with Gasteiger partial charge in [-0.15, -0.1) is 0 Å². The molecule has 0 amide bonds. The van der Waals surface area contributed by atoms with Crippen molar-refractivity contribution in [3.63, 3.8) is 0 Å². The highest BCUT2D eigenvalue weighted by molar-refractivity contribution is 9.10. The number of hydrogen-bond donors (Lipinski definition) is 1. The van der Waals surface area contributed by atoms with Crippen LogP contribution in [-0.4, -0.2) is 32.1 Å². The molecule has 0 bridgehead atoms. The molecule has 0 aliphatic heterocycles. The number of aldehydes is 2. The smallest absolute Gasteiger partial charge is 0.267 e. The number of hydrogen-bond acceptors (Lipinski definition) is 5. The summed E-state index contributed by atoms with van der Waals surface area (Å²) in [5.74, 6) is 1.02. The molecule has 0 spiro atoms. The highest BCUT2D eigenvalue weighted by Gasteiger charge is 2.11. The van der Waals surface area contributed by atoms with Crippen molar-refractivity contribution in [3.05, 3.63) is 145 Å². The molecule has 6 rings (SSSR count). The van der Waals surface area contributed by atoms with Gasteiger partial charge in [0.2, 0.25) is 5.88 Å². The molecule has 11 heteroatoms. The van der Waals surface area contributed by atoms with Crippen LogP contribution in [0.5, 0.6) is 11.6 Å². The van der Waals surface area contributed by atoms with Crippen LogP contribution < -0.4 is 10.3 Å². The molecule has 0 atom stereocenters. The van der Waals surface area contributed by atoms with Crippen molar-refractivity contribution >= 4 is 44.4 Å². The lowest BCUT2D eigenvalue weighted by Crippen LogP contribution is -2.13. The van der Waals surface area contributed by atoms with E-state index in [1.807, 2.05) is 73.1 Å². The fourth-order valence-corrected chi connectivity index (χ4v) is 5.05. The van der Waals surface area contributed by atoms with Gasteiger partial charge in [0, 0.05) is 56.4 Å². The molecule has 2 aromatic heterocycles. The second-order valence-electron chi connectivity index (χ2n) is 9.91. The van der Waals surface area contributed by atoms with Crippen LogP contribution in [0, 0.1) is 5.82 Å². The van der Waals surface area contributed by atoms with Crippen LogP contribution in [-0.2, 0) is 13.1 Å². The van der Waals surface area contributed by atoms with E-state index in [1.165, 1.54) is 24.3 Å². The minimum Gasteiger partial charge on any atom is -0.439 e. The first kappa shape index (κ1) is 35.0. The van der Waals surface area contributed by atoms with Crippen molar-refractivity contribution in [2.45, 2.75) is 26.9 Å². The zero-order chi connectivity index (χ0) is 33.8. The number of carbonyl (C=O) groups is 2. The monoisotopic (exact) mass is 760 g/mol. The molecule has 1 N–H and O–H groups in total. The molecule has 0 radical (unpaired) electrons. The first-order valence-electron chi connectivity index (χ1n) is 14.6. The molecule has 0 aliphatic carbocycles. The maximum absolute atomic E-state index is 12.1. The Labute approximate surface area is 288 Å². The minimum absolute atomic E-state index is 0.00692. The molecule has 2 heterocycles. The summed E-state index contributed by atoms with van der Waals surface area (Å²) in [6.45, 7) is 5.31. The quantitative estimate of drug-likeness (QED) is 0.156. The van der Waals surface area contributed by atoms with E-state index >= 15 is 0 Å². The summed E-state index contributed by atoms with van der Waals surface area (Å²) in [4.78, 5) is 32.2. The number of nitrogens with one attached hydrogen (secondary N) is 1. The molecule has 0 unspecified atom stereocenters. The predicted octanol–water partition coefficient (Wildman–Crippen LogP) is 9.20. The van der Waals surface area contributed by atoms with Crippen molar-refractivity contribution < 1.29 is 18.7 Å². The molecule has 0 saturated carbocycles. The van der Waals surface area contributed by atoms with Crippen molar-refractivity contribution in [1.29, 1.82) is 0 Å². The molecular formula is C36H31Br2FN4O4. The number of benzene rings is 4. The van der Waals surface area contributed by atoms with Crippen LogP contribution in [0.1, 0.15) is 34.6 Å². The molecule has 6 aromatic rings. The number of aromatic nitrogens is 4. The van der Waals surface area contributed by atoms with Gasteiger partial charge in [0.1, 0.15) is 24.1 Å². The van der Waals surface area contributed by atoms with E-state index in [9.17, 15) is 18.8 Å². The third-order valence-electron chi connectivity index (χ3n) is 6.65. The average Bonchev–Trinajstić information content (AvgIpc) is 3.69. The Balaban J connectivity index is 0.000000178. The lowest BCUT2D eigenvalue weighted by Gasteiger charge is -2.06. The van der Waals surface area contributed by atoms with Crippen LogP contribution in [0.15, 0.2) is 123 Å². The van der Waals surface area contributed by atoms with Crippen LogP contribution in [0.25, 0.3) is 22.5 Å². The Morgan fingerprint density at radius 1 is 0.766 bits per heavy atom. The van der Waals surface area contributed by atoms with Gasteiger partial charge in [-0.1, -0.05) is 56.1 Å². The summed E-state index contributed by atoms with van der Waals surface area (Å²) in [6.07, 6.45) is 1.49. The number of rotatable bonds is 8. The van der Waals surface area contributed by atoms with E-state index in [2.05, 4.69) is 42.1 Å². The number of nitrogens with zero attached hydrogens (tertiary/aromatic N) is 3. The van der Waals surface area contributed by atoms with Crippen molar-refractivity contribution in [1.82, 2.24) is 19.6 Å². The Bertz CT molecular complexity index is 1980. The Kier molecular flexibility index (Phi) is 12.8. The third kappa shape index (κ3) is 10.1. The molecular weight excluding hydrogens is 731 g/mol. The number of halogens is 3. The second kappa shape index (κ2) is 17.2. The topological polar surface area (TPSA) is 99.0 Å². The summed E-state index contributed by atoms with van der Waals surface area (Å²) in [5.41, 5.74) is 4.86. The van der Waals surface area contributed by atoms with Gasteiger partial charge in [-0.25, -0.2) is 9.07 Å². The second-order valence-corrected chi connectivity index (χ2v) is 11.7. The molecule has 8 nitrogen and oxygen atoms in total. The summed E-state index contributed by atoms with van der Waals surface area (Å²) in [5, 5.41) is 7.64. The number of carbonyl (C=O) groups excluding carboxylic acids is 2. The van der Waals surface area contributed by atoms with E-state index in [0.29, 0.717) is 42.1 Å². The zero-order valence-corrected chi connectivity index (χ0v) is 28.7. The Hall–Kier alpha value is -4.87. The van der Waals surface area contributed by atoms with Gasteiger partial charge in [0.25, 0.3) is 5.56 Å². The normalized spacial score (nSPS) is 10.2. The average molecular weight is 762 g/mol. The maximum Gasteiger partial charge on any atom is 0.267 e. The van der Waals surface area contributed by atoms with Crippen LogP contribution in [0.3, 0.4) is 0 Å². The number of ether oxygens (including phenoxy) is 1. The molecule has 0 fully saturated rings. The standard InChI is InChI=1S/C18H15BrN2O2.C11H11BrN2O.C7H5FO/c1-2-21-18(23-16-8-6-13(12-22)7-9-16)11-17(20-21)14-4-3-5-15(19)10-14;1-2-14-11(15)7-10(13-14)8-4-3-5-9(12)6-8;8-7-3-1-6(5-9)2-4-7/h3-12H,2H2,1H3;3-7,13H,2H2,1H3;1-5H. The van der Waals surface area contributed by atoms with Gasteiger partial charge in [-0.3, -0.25) is 24.2 Å². The molecule has 0 aliphatic rings. The Morgan fingerprint density at radius 3 is 1.87 bits per heavy atom. The summed E-state index contributed by atoms with van der Waals surface area (Å²) in [7, 11) is 0. The molecule has 0 saturated heterocycles. The van der Waals surface area contributed by atoms with Gasteiger partial charge in [-0.2, -0.15) is 5.10 Å². The van der Waals surface area contributed by atoms with Gasteiger partial charge >= 0.3 is 0 Å². The van der Waals surface area contributed by atoms with E-state index in [0.717, 1.165) is 37.7 Å². The zero-order valence-electron chi connectivity index (χ0n) is 25.6. The number of aryl methyl sites for hydroxylation is 2. The fraction of sp³-hybridized carbons (Fsp3) is 0.111. The molecule has 240 valence electrons. The van der Waals surface area contributed by atoms with E-state index in [1.54, 1.807) is 35.0 Å². The van der Waals surface area contributed by atoms with Crippen LogP contribution >= 0.6 is 31.9 Å². The lowest BCUT2D eigenvalue weighted by atomic mass is 10.2. The van der Waals surface area contributed by atoms with Crippen molar-refractivity contribution in [2.75, 3.05) is 0 Å². The third-order valence-corrected chi connectivity index (χ3v) is 7.64. The SMILES string of the molecule is CCn1[nH]c(-c2cccc(Br)c2)cc1=O.CCn1nc(-c2cccc(Br)c2)cc1Oc1ccc(C=O)cc1.O=Cc1ccc(F)cc1. The van der Waals surface area contributed by atoms with Gasteiger partial charge in [0.05, 0.1) is 11.4 Å². The molecule has 47 heavy (non-hydrogen) atoms. The van der Waals surface area contributed by atoms with Crippen molar-refractivity contribution in [2.24, 2.45) is 0 Å². The summed E-state index contributed by atoms with van der Waals surface area (Å²) >= 11 is 6.88. The number of aromatic amines is 1. The largest absolute Gasteiger partial charge is 0.439 e. The van der Waals surface area contributed by atoms with E-state index < -0.39 is 0 Å². The predicted molar refractivity (Wildman–Crippen MR) is 189 cm³/mol. The minimum atomic E-state index is -0.319. The highest BCUT2D eigenvalue weighted by Crippen LogP contribution is 2.29. The van der Waals surface area contributed by atoms with Gasteiger partial charge < -0.3 is 4.74 Å². The first-order chi connectivity index (χ1) is 22.7. The fourth-order valence-electron chi connectivity index (χ4n) is 4.25. The van der Waals surface area contributed by atoms with Gasteiger partial charge in [0.15, 0.2) is 0 Å². The Morgan fingerprint density at radius 2 is 1.34 bits per heavy atom. The number of H-pyrrole nitrogens is 1.